The molecular weight excluding hydrogens is 267 g/mol. The van der Waals surface area contributed by atoms with Gasteiger partial charge in [0, 0.05) is 12.5 Å². The predicted molar refractivity (Wildman–Crippen MR) is 74.1 cm³/mol. The number of halogens is 3. The number of ether oxygens (including phenoxy) is 1. The molecule has 0 radical (unpaired) electrons. The molecule has 0 fully saturated rings. The Kier molecular flexibility index (Phi) is 6.33. The summed E-state index contributed by atoms with van der Waals surface area (Å²) in [5, 5.41) is 3.18. The van der Waals surface area contributed by atoms with Crippen LogP contribution in [0, 0.1) is 6.92 Å². The fraction of sp³-hybridized carbons (Fsp3) is 0.600. The molecule has 0 saturated heterocycles. The molecule has 0 bridgehead atoms. The lowest BCUT2D eigenvalue weighted by Gasteiger charge is -2.21. The highest BCUT2D eigenvalue weighted by atomic mass is 19.4. The fourth-order valence-corrected chi connectivity index (χ4v) is 2.13. The van der Waals surface area contributed by atoms with Crippen LogP contribution in [-0.2, 0) is 0 Å². The Balaban J connectivity index is 2.83. The average molecular weight is 289 g/mol. The minimum atomic E-state index is -4.12. The van der Waals surface area contributed by atoms with E-state index in [1.807, 2.05) is 26.0 Å². The van der Waals surface area contributed by atoms with Crippen molar-refractivity contribution in [3.8, 4) is 5.75 Å². The second-order valence-corrected chi connectivity index (χ2v) is 4.89. The van der Waals surface area contributed by atoms with Gasteiger partial charge in [0.05, 0.1) is 7.11 Å². The average Bonchev–Trinajstić information content (AvgIpc) is 2.37. The summed E-state index contributed by atoms with van der Waals surface area (Å²) in [6.07, 6.45) is -3.96. The van der Waals surface area contributed by atoms with Crippen LogP contribution in [0.5, 0.6) is 5.75 Å². The Morgan fingerprint density at radius 2 is 2.00 bits per heavy atom. The summed E-state index contributed by atoms with van der Waals surface area (Å²) in [7, 11) is 1.58. The predicted octanol–water partition coefficient (Wildman–Crippen LogP) is 4.39. The van der Waals surface area contributed by atoms with Gasteiger partial charge in [-0.25, -0.2) is 0 Å². The topological polar surface area (TPSA) is 21.3 Å². The Morgan fingerprint density at radius 3 is 2.50 bits per heavy atom. The van der Waals surface area contributed by atoms with Crippen molar-refractivity contribution in [3.05, 3.63) is 29.3 Å². The molecule has 0 spiro atoms. The van der Waals surface area contributed by atoms with E-state index in [1.165, 1.54) is 0 Å². The number of benzene rings is 1. The van der Waals surface area contributed by atoms with E-state index in [2.05, 4.69) is 5.32 Å². The third kappa shape index (κ3) is 5.41. The van der Waals surface area contributed by atoms with Gasteiger partial charge in [-0.3, -0.25) is 0 Å². The Hall–Kier alpha value is -1.23. The number of aryl methyl sites for hydroxylation is 1. The van der Waals surface area contributed by atoms with Crippen LogP contribution in [0.3, 0.4) is 0 Å². The number of hydrogen-bond donors (Lipinski definition) is 1. The summed E-state index contributed by atoms with van der Waals surface area (Å²) >= 11 is 0. The summed E-state index contributed by atoms with van der Waals surface area (Å²) in [6.45, 7) is 4.59. The van der Waals surface area contributed by atoms with E-state index in [0.717, 1.165) is 23.3 Å². The van der Waals surface area contributed by atoms with Crippen LogP contribution in [0.4, 0.5) is 13.2 Å². The van der Waals surface area contributed by atoms with Gasteiger partial charge in [0.25, 0.3) is 0 Å². The lowest BCUT2D eigenvalue weighted by Crippen LogP contribution is -2.24. The largest absolute Gasteiger partial charge is 0.496 e. The SMILES string of the molecule is CCCNC(CCC(F)(F)F)c1ccc(OC)c(C)c1. The molecule has 1 N–H and O–H groups in total. The molecule has 0 amide bonds. The number of nitrogens with one attached hydrogen (secondary N) is 1. The Labute approximate surface area is 118 Å². The van der Waals surface area contributed by atoms with Gasteiger partial charge in [0.15, 0.2) is 0 Å². The van der Waals surface area contributed by atoms with Gasteiger partial charge in [-0.05, 0) is 43.5 Å². The molecule has 1 atom stereocenters. The molecule has 0 aromatic heterocycles. The Morgan fingerprint density at radius 1 is 1.30 bits per heavy atom. The summed E-state index contributed by atoms with van der Waals surface area (Å²) < 4.78 is 42.4. The maximum Gasteiger partial charge on any atom is 0.389 e. The molecule has 1 rings (SSSR count). The van der Waals surface area contributed by atoms with Crippen molar-refractivity contribution in [2.75, 3.05) is 13.7 Å². The van der Waals surface area contributed by atoms with Gasteiger partial charge in [0.1, 0.15) is 5.75 Å². The smallest absolute Gasteiger partial charge is 0.389 e. The molecule has 0 aliphatic rings. The molecule has 1 aromatic carbocycles. The van der Waals surface area contributed by atoms with Crippen LogP contribution >= 0.6 is 0 Å². The van der Waals surface area contributed by atoms with E-state index in [9.17, 15) is 13.2 Å². The second-order valence-electron chi connectivity index (χ2n) is 4.89. The summed E-state index contributed by atoms with van der Waals surface area (Å²) in [4.78, 5) is 0. The molecule has 1 aromatic rings. The molecule has 1 unspecified atom stereocenters. The Bertz CT molecular complexity index is 418. The summed E-state index contributed by atoms with van der Waals surface area (Å²) in [6, 6.07) is 5.25. The molecule has 0 aliphatic heterocycles. The van der Waals surface area contributed by atoms with Crippen LogP contribution in [-0.4, -0.2) is 19.8 Å². The van der Waals surface area contributed by atoms with Crippen LogP contribution in [0.2, 0.25) is 0 Å². The van der Waals surface area contributed by atoms with Crippen LogP contribution in [0.15, 0.2) is 18.2 Å². The molecule has 2 nitrogen and oxygen atoms in total. The van der Waals surface area contributed by atoms with Gasteiger partial charge in [-0.2, -0.15) is 13.2 Å². The van der Waals surface area contributed by atoms with Crippen molar-refractivity contribution in [2.45, 2.75) is 45.3 Å². The first-order valence-electron chi connectivity index (χ1n) is 6.82. The highest BCUT2D eigenvalue weighted by Crippen LogP contribution is 2.29. The maximum absolute atomic E-state index is 12.4. The van der Waals surface area contributed by atoms with E-state index in [0.29, 0.717) is 6.54 Å². The van der Waals surface area contributed by atoms with E-state index < -0.39 is 12.6 Å². The zero-order valence-corrected chi connectivity index (χ0v) is 12.2. The van der Waals surface area contributed by atoms with E-state index >= 15 is 0 Å². The van der Waals surface area contributed by atoms with Gasteiger partial charge >= 0.3 is 6.18 Å². The molecule has 5 heteroatoms. The van der Waals surface area contributed by atoms with Crippen molar-refractivity contribution in [1.29, 1.82) is 0 Å². The molecule has 0 heterocycles. The minimum Gasteiger partial charge on any atom is -0.496 e. The lowest BCUT2D eigenvalue weighted by atomic mass is 9.99. The summed E-state index contributed by atoms with van der Waals surface area (Å²) in [5.74, 6) is 0.749. The molecule has 114 valence electrons. The number of hydrogen-bond acceptors (Lipinski definition) is 2. The summed E-state index contributed by atoms with van der Waals surface area (Å²) in [5.41, 5.74) is 1.81. The van der Waals surface area contributed by atoms with Gasteiger partial charge in [-0.15, -0.1) is 0 Å². The third-order valence-electron chi connectivity index (χ3n) is 3.18. The quantitative estimate of drug-likeness (QED) is 0.804. The van der Waals surface area contributed by atoms with Gasteiger partial charge < -0.3 is 10.1 Å². The zero-order valence-electron chi connectivity index (χ0n) is 12.2. The number of alkyl halides is 3. The van der Waals surface area contributed by atoms with E-state index in [1.54, 1.807) is 13.2 Å². The highest BCUT2D eigenvalue weighted by molar-refractivity contribution is 5.37. The second kappa shape index (κ2) is 7.53. The van der Waals surface area contributed by atoms with Crippen molar-refractivity contribution >= 4 is 0 Å². The van der Waals surface area contributed by atoms with Crippen LogP contribution in [0.25, 0.3) is 0 Å². The maximum atomic E-state index is 12.4. The van der Waals surface area contributed by atoms with Crippen molar-refractivity contribution in [1.82, 2.24) is 5.32 Å². The van der Waals surface area contributed by atoms with Crippen molar-refractivity contribution in [2.24, 2.45) is 0 Å². The first kappa shape index (κ1) is 16.8. The lowest BCUT2D eigenvalue weighted by molar-refractivity contribution is -0.136. The van der Waals surface area contributed by atoms with Gasteiger partial charge in [-0.1, -0.05) is 19.1 Å². The monoisotopic (exact) mass is 289 g/mol. The first-order chi connectivity index (χ1) is 9.37. The zero-order chi connectivity index (χ0) is 15.2. The molecule has 0 saturated carbocycles. The number of rotatable bonds is 7. The van der Waals surface area contributed by atoms with E-state index in [4.69, 9.17) is 4.74 Å². The van der Waals surface area contributed by atoms with Gasteiger partial charge in [0.2, 0.25) is 0 Å². The standard InChI is InChI=1S/C15H22F3NO/c1-4-9-19-13(7-8-15(16,17)18)12-5-6-14(20-3)11(2)10-12/h5-6,10,13,19H,4,7-9H2,1-3H3. The number of methoxy groups -OCH3 is 1. The van der Waals surface area contributed by atoms with Crippen LogP contribution < -0.4 is 10.1 Å². The minimum absolute atomic E-state index is 0.0509. The normalized spacial score (nSPS) is 13.3. The highest BCUT2D eigenvalue weighted by Gasteiger charge is 2.28. The fourth-order valence-electron chi connectivity index (χ4n) is 2.13. The molecule has 20 heavy (non-hydrogen) atoms. The molecule has 0 aliphatic carbocycles. The first-order valence-corrected chi connectivity index (χ1v) is 6.82. The third-order valence-corrected chi connectivity index (χ3v) is 3.18. The van der Waals surface area contributed by atoms with Crippen molar-refractivity contribution < 1.29 is 17.9 Å². The van der Waals surface area contributed by atoms with Crippen molar-refractivity contribution in [3.63, 3.8) is 0 Å². The van der Waals surface area contributed by atoms with E-state index in [-0.39, 0.29) is 12.5 Å². The molecular formula is C15H22F3NO. The van der Waals surface area contributed by atoms with Crippen LogP contribution in [0.1, 0.15) is 43.4 Å².